The lowest BCUT2D eigenvalue weighted by atomic mass is 10.2. The van der Waals surface area contributed by atoms with Crippen molar-refractivity contribution < 1.29 is 26.7 Å². The van der Waals surface area contributed by atoms with E-state index in [1.54, 1.807) is 0 Å². The number of halogens is 2. The molecule has 2 rings (SSSR count). The Labute approximate surface area is 114 Å². The predicted octanol–water partition coefficient (Wildman–Crippen LogP) is 1.80. The Kier molecular flexibility index (Phi) is 4.34. The van der Waals surface area contributed by atoms with Gasteiger partial charge in [-0.15, -0.1) is 0 Å². The highest BCUT2D eigenvalue weighted by Gasteiger charge is 2.31. The fourth-order valence-corrected chi connectivity index (χ4v) is 2.80. The van der Waals surface area contributed by atoms with E-state index >= 15 is 0 Å². The molecule has 0 aliphatic carbocycles. The van der Waals surface area contributed by atoms with E-state index in [0.29, 0.717) is 13.0 Å². The predicted molar refractivity (Wildman–Crippen MR) is 67.2 cm³/mol. The second-order valence-corrected chi connectivity index (χ2v) is 6.18. The molecule has 0 radical (unpaired) electrons. The van der Waals surface area contributed by atoms with Crippen LogP contribution in [0.25, 0.3) is 0 Å². The molecule has 1 saturated heterocycles. The monoisotopic (exact) mass is 305 g/mol. The van der Waals surface area contributed by atoms with E-state index in [1.807, 2.05) is 0 Å². The first-order valence-electron chi connectivity index (χ1n) is 5.96. The van der Waals surface area contributed by atoms with Crippen LogP contribution < -0.4 is 5.32 Å². The summed E-state index contributed by atoms with van der Waals surface area (Å²) in [4.78, 5) is 11.2. The molecule has 1 unspecified atom stereocenters. The van der Waals surface area contributed by atoms with Gasteiger partial charge in [0.25, 0.3) is 5.91 Å². The Balaban J connectivity index is 2.26. The molecular weight excluding hydrogens is 292 g/mol. The van der Waals surface area contributed by atoms with Crippen LogP contribution in [0.5, 0.6) is 0 Å². The van der Waals surface area contributed by atoms with E-state index in [4.69, 9.17) is 4.74 Å². The van der Waals surface area contributed by atoms with Crippen LogP contribution in [-0.4, -0.2) is 32.8 Å². The van der Waals surface area contributed by atoms with Gasteiger partial charge in [0.1, 0.15) is 6.10 Å². The number of nitrogens with one attached hydrogen (secondary N) is 1. The van der Waals surface area contributed by atoms with E-state index < -0.39 is 32.5 Å². The smallest absolute Gasteiger partial charge is 0.341 e. The SMILES string of the molecule is O=C(Nc1ccccc1S(=O)(=O)C(F)F)C1CCCO1. The summed E-state index contributed by atoms with van der Waals surface area (Å²) in [5.74, 6) is -4.07. The van der Waals surface area contributed by atoms with Crippen molar-refractivity contribution >= 4 is 21.4 Å². The second kappa shape index (κ2) is 5.84. The maximum Gasteiger partial charge on any atom is 0.341 e. The van der Waals surface area contributed by atoms with Gasteiger partial charge in [0.05, 0.1) is 10.6 Å². The lowest BCUT2D eigenvalue weighted by Gasteiger charge is -2.13. The van der Waals surface area contributed by atoms with Gasteiger partial charge in [-0.3, -0.25) is 4.79 Å². The Morgan fingerprint density at radius 1 is 1.35 bits per heavy atom. The molecule has 1 aliphatic heterocycles. The highest BCUT2D eigenvalue weighted by atomic mass is 32.2. The van der Waals surface area contributed by atoms with Gasteiger partial charge in [0.15, 0.2) is 0 Å². The van der Waals surface area contributed by atoms with Crippen molar-refractivity contribution in [3.63, 3.8) is 0 Å². The minimum atomic E-state index is -4.77. The van der Waals surface area contributed by atoms with Crippen molar-refractivity contribution in [3.05, 3.63) is 24.3 Å². The van der Waals surface area contributed by atoms with Gasteiger partial charge in [-0.25, -0.2) is 8.42 Å². The van der Waals surface area contributed by atoms with Crippen molar-refractivity contribution in [1.29, 1.82) is 0 Å². The number of carbonyl (C=O) groups excluding carboxylic acids is 1. The number of hydrogen-bond donors (Lipinski definition) is 1. The Hall–Kier alpha value is -1.54. The van der Waals surface area contributed by atoms with E-state index in [-0.39, 0.29) is 5.69 Å². The van der Waals surface area contributed by atoms with Crippen LogP contribution in [-0.2, 0) is 19.4 Å². The Morgan fingerprint density at radius 3 is 2.65 bits per heavy atom. The summed E-state index contributed by atoms with van der Waals surface area (Å²) in [5.41, 5.74) is -0.159. The molecule has 1 amide bonds. The van der Waals surface area contributed by atoms with E-state index in [2.05, 4.69) is 5.32 Å². The molecule has 1 N–H and O–H groups in total. The highest BCUT2D eigenvalue weighted by Crippen LogP contribution is 2.26. The molecule has 20 heavy (non-hydrogen) atoms. The molecule has 1 atom stereocenters. The summed E-state index contributed by atoms with van der Waals surface area (Å²) in [5, 5.41) is 2.34. The first kappa shape index (κ1) is 14.9. The van der Waals surface area contributed by atoms with Crippen LogP contribution in [0.15, 0.2) is 29.2 Å². The van der Waals surface area contributed by atoms with Gasteiger partial charge in [-0.1, -0.05) is 12.1 Å². The lowest BCUT2D eigenvalue weighted by molar-refractivity contribution is -0.124. The van der Waals surface area contributed by atoms with Crippen LogP contribution in [0.4, 0.5) is 14.5 Å². The van der Waals surface area contributed by atoms with E-state index in [0.717, 1.165) is 12.5 Å². The topological polar surface area (TPSA) is 72.5 Å². The number of sulfone groups is 1. The fraction of sp³-hybridized carbons (Fsp3) is 0.417. The van der Waals surface area contributed by atoms with Crippen molar-refractivity contribution in [1.82, 2.24) is 0 Å². The first-order valence-corrected chi connectivity index (χ1v) is 7.51. The fourth-order valence-electron chi connectivity index (χ4n) is 1.91. The second-order valence-electron chi connectivity index (χ2n) is 4.29. The molecular formula is C12H13F2NO4S. The summed E-state index contributed by atoms with van der Waals surface area (Å²) >= 11 is 0. The molecule has 110 valence electrons. The van der Waals surface area contributed by atoms with Crippen LogP contribution >= 0.6 is 0 Å². The normalized spacial score (nSPS) is 19.2. The van der Waals surface area contributed by atoms with Crippen LogP contribution in [0.3, 0.4) is 0 Å². The summed E-state index contributed by atoms with van der Waals surface area (Å²) in [6, 6.07) is 5.07. The van der Waals surface area contributed by atoms with Crippen LogP contribution in [0, 0.1) is 0 Å². The minimum absolute atomic E-state index is 0.159. The number of hydrogen-bond acceptors (Lipinski definition) is 4. The summed E-state index contributed by atoms with van der Waals surface area (Å²) in [6.07, 6.45) is 0.585. The number of anilines is 1. The molecule has 1 aromatic rings. The standard InChI is InChI=1S/C12H13F2NO4S/c13-12(14)20(17,18)10-6-2-1-4-8(10)15-11(16)9-5-3-7-19-9/h1-2,4,6,9,12H,3,5,7H2,(H,15,16). The van der Waals surface area contributed by atoms with Gasteiger partial charge < -0.3 is 10.1 Å². The first-order chi connectivity index (χ1) is 9.43. The zero-order chi connectivity index (χ0) is 14.8. The largest absolute Gasteiger partial charge is 0.368 e. The number of rotatable bonds is 4. The zero-order valence-electron chi connectivity index (χ0n) is 10.4. The third-order valence-corrected chi connectivity index (χ3v) is 4.35. The van der Waals surface area contributed by atoms with Gasteiger partial charge >= 0.3 is 5.76 Å². The maximum atomic E-state index is 12.6. The van der Waals surface area contributed by atoms with Crippen molar-refractivity contribution in [2.24, 2.45) is 0 Å². The Morgan fingerprint density at radius 2 is 2.05 bits per heavy atom. The third-order valence-electron chi connectivity index (χ3n) is 2.91. The lowest BCUT2D eigenvalue weighted by Crippen LogP contribution is -2.28. The number of amides is 1. The zero-order valence-corrected chi connectivity index (χ0v) is 11.2. The minimum Gasteiger partial charge on any atom is -0.368 e. The molecule has 0 bridgehead atoms. The van der Waals surface area contributed by atoms with Crippen molar-refractivity contribution in [3.8, 4) is 0 Å². The molecule has 8 heteroatoms. The van der Waals surface area contributed by atoms with Crippen LogP contribution in [0.2, 0.25) is 0 Å². The molecule has 1 aromatic carbocycles. The quantitative estimate of drug-likeness (QED) is 0.920. The molecule has 1 heterocycles. The summed E-state index contributed by atoms with van der Waals surface area (Å²) in [6.45, 7) is 0.453. The van der Waals surface area contributed by atoms with Gasteiger partial charge in [0, 0.05) is 6.61 Å². The van der Waals surface area contributed by atoms with Gasteiger partial charge in [-0.2, -0.15) is 8.78 Å². The molecule has 0 aromatic heterocycles. The van der Waals surface area contributed by atoms with Gasteiger partial charge in [-0.05, 0) is 25.0 Å². The molecule has 1 fully saturated rings. The van der Waals surface area contributed by atoms with Crippen molar-refractivity contribution in [2.45, 2.75) is 29.6 Å². The number of para-hydroxylation sites is 1. The number of carbonyl (C=O) groups is 1. The highest BCUT2D eigenvalue weighted by molar-refractivity contribution is 7.91. The van der Waals surface area contributed by atoms with Gasteiger partial charge in [0.2, 0.25) is 9.84 Å². The van der Waals surface area contributed by atoms with Crippen LogP contribution in [0.1, 0.15) is 12.8 Å². The summed E-state index contributed by atoms with van der Waals surface area (Å²) in [7, 11) is -4.77. The average molecular weight is 305 g/mol. The molecule has 0 saturated carbocycles. The Bertz CT molecular complexity index is 597. The number of ether oxygens (including phenoxy) is 1. The summed E-state index contributed by atoms with van der Waals surface area (Å²) < 4.78 is 53.4. The van der Waals surface area contributed by atoms with E-state index in [1.165, 1.54) is 18.2 Å². The molecule has 1 aliphatic rings. The van der Waals surface area contributed by atoms with Crippen molar-refractivity contribution in [2.75, 3.05) is 11.9 Å². The number of benzene rings is 1. The molecule has 5 nitrogen and oxygen atoms in total. The average Bonchev–Trinajstić information content (AvgIpc) is 2.93. The third kappa shape index (κ3) is 2.96. The molecule has 0 spiro atoms. The number of alkyl halides is 2. The van der Waals surface area contributed by atoms with E-state index in [9.17, 15) is 22.0 Å². The maximum absolute atomic E-state index is 12.6.